The molecule has 0 amide bonds. The summed E-state index contributed by atoms with van der Waals surface area (Å²) in [5.74, 6) is 1.05. The maximum Gasteiger partial charge on any atom is 0.348 e. The van der Waals surface area contributed by atoms with Crippen LogP contribution in [0.25, 0.3) is 0 Å². The molecular formula is C17H31N3O3Si. The summed E-state index contributed by atoms with van der Waals surface area (Å²) in [7, 11) is -1.13. The summed E-state index contributed by atoms with van der Waals surface area (Å²) in [5.41, 5.74) is -0.117. The van der Waals surface area contributed by atoms with E-state index in [1.807, 2.05) is 6.92 Å². The molecule has 1 aromatic rings. The van der Waals surface area contributed by atoms with Crippen LogP contribution in [-0.2, 0) is 22.8 Å². The normalized spacial score (nSPS) is 18.1. The van der Waals surface area contributed by atoms with Crippen molar-refractivity contribution in [3.8, 4) is 0 Å². The molecule has 7 heteroatoms. The average Bonchev–Trinajstić information content (AvgIpc) is 2.74. The lowest BCUT2D eigenvalue weighted by Crippen LogP contribution is -2.35. The number of carbonyl (C=O) groups is 1. The van der Waals surface area contributed by atoms with Crippen molar-refractivity contribution >= 4 is 13.9 Å². The SMILES string of the molecule is Cc1nn(COCC[Si](C)(C)C)c(=O)n1CC1(C)CCC(=O)CC1. The Labute approximate surface area is 145 Å². The van der Waals surface area contributed by atoms with Crippen LogP contribution in [0.15, 0.2) is 4.79 Å². The lowest BCUT2D eigenvalue weighted by molar-refractivity contribution is -0.122. The first kappa shape index (κ1) is 19.1. The topological polar surface area (TPSA) is 66.1 Å². The predicted octanol–water partition coefficient (Wildman–Crippen LogP) is 2.81. The zero-order valence-corrected chi connectivity index (χ0v) is 16.7. The van der Waals surface area contributed by atoms with E-state index in [1.54, 1.807) is 4.57 Å². The molecular weight excluding hydrogens is 322 g/mol. The van der Waals surface area contributed by atoms with Crippen molar-refractivity contribution in [2.45, 2.75) is 78.5 Å². The highest BCUT2D eigenvalue weighted by Gasteiger charge is 2.32. The van der Waals surface area contributed by atoms with Crippen molar-refractivity contribution < 1.29 is 9.53 Å². The number of carbonyl (C=O) groups excluding carboxylic acids is 1. The lowest BCUT2D eigenvalue weighted by atomic mass is 9.75. The third-order valence-electron chi connectivity index (χ3n) is 4.87. The standard InChI is InChI=1S/C17H31N3O3Si/c1-14-18-20(13-23-10-11-24(3,4)5)16(22)19(14)12-17(2)8-6-15(21)7-9-17/h6-13H2,1-5H3. The van der Waals surface area contributed by atoms with Crippen LogP contribution in [-0.4, -0.2) is 34.8 Å². The highest BCUT2D eigenvalue weighted by atomic mass is 28.3. The summed E-state index contributed by atoms with van der Waals surface area (Å²) in [4.78, 5) is 24.0. The van der Waals surface area contributed by atoms with Gasteiger partial charge in [0, 0.05) is 34.1 Å². The van der Waals surface area contributed by atoms with Crippen LogP contribution in [0.5, 0.6) is 0 Å². The van der Waals surface area contributed by atoms with E-state index < -0.39 is 8.07 Å². The molecule has 0 atom stereocenters. The molecule has 1 heterocycles. The van der Waals surface area contributed by atoms with Gasteiger partial charge in [0.25, 0.3) is 0 Å². The van der Waals surface area contributed by atoms with Gasteiger partial charge >= 0.3 is 5.69 Å². The van der Waals surface area contributed by atoms with Crippen molar-refractivity contribution in [2.24, 2.45) is 5.41 Å². The van der Waals surface area contributed by atoms with E-state index in [0.29, 0.717) is 37.6 Å². The summed E-state index contributed by atoms with van der Waals surface area (Å²) < 4.78 is 8.80. The Hall–Kier alpha value is -1.21. The van der Waals surface area contributed by atoms with Crippen molar-refractivity contribution in [2.75, 3.05) is 6.61 Å². The number of Topliss-reactive ketones (excluding diaryl/α,β-unsaturated/α-hetero) is 1. The van der Waals surface area contributed by atoms with Crippen molar-refractivity contribution in [3.63, 3.8) is 0 Å². The van der Waals surface area contributed by atoms with E-state index in [-0.39, 0.29) is 17.8 Å². The second kappa shape index (κ2) is 7.35. The quantitative estimate of drug-likeness (QED) is 0.558. The van der Waals surface area contributed by atoms with Crippen LogP contribution in [0.2, 0.25) is 25.7 Å². The van der Waals surface area contributed by atoms with Gasteiger partial charge in [0.1, 0.15) is 18.3 Å². The maximum atomic E-state index is 12.6. The number of hydrogen-bond acceptors (Lipinski definition) is 4. The summed E-state index contributed by atoms with van der Waals surface area (Å²) in [6.45, 7) is 12.4. The van der Waals surface area contributed by atoms with Gasteiger partial charge in [-0.15, -0.1) is 0 Å². The minimum absolute atomic E-state index is 0.00491. The number of aromatic nitrogens is 3. The lowest BCUT2D eigenvalue weighted by Gasteiger charge is -2.33. The number of rotatable bonds is 7. The second-order valence-electron chi connectivity index (χ2n) is 8.61. The van der Waals surface area contributed by atoms with Gasteiger partial charge in [0.2, 0.25) is 0 Å². The van der Waals surface area contributed by atoms with Crippen LogP contribution in [0.4, 0.5) is 0 Å². The molecule has 2 rings (SSSR count). The molecule has 1 aromatic heterocycles. The van der Waals surface area contributed by atoms with Crippen LogP contribution in [0.3, 0.4) is 0 Å². The molecule has 136 valence electrons. The summed E-state index contributed by atoms with van der Waals surface area (Å²) >= 11 is 0. The fourth-order valence-electron chi connectivity index (χ4n) is 3.02. The fourth-order valence-corrected chi connectivity index (χ4v) is 3.77. The highest BCUT2D eigenvalue weighted by Crippen LogP contribution is 2.35. The van der Waals surface area contributed by atoms with E-state index in [1.165, 1.54) is 4.68 Å². The molecule has 24 heavy (non-hydrogen) atoms. The van der Waals surface area contributed by atoms with Crippen LogP contribution in [0.1, 0.15) is 38.4 Å². The third kappa shape index (κ3) is 5.14. The fraction of sp³-hybridized carbons (Fsp3) is 0.824. The molecule has 0 radical (unpaired) electrons. The molecule has 0 aromatic carbocycles. The minimum atomic E-state index is -1.13. The van der Waals surface area contributed by atoms with Gasteiger partial charge in [-0.3, -0.25) is 9.36 Å². The molecule has 1 saturated carbocycles. The van der Waals surface area contributed by atoms with Gasteiger partial charge in [-0.05, 0) is 31.2 Å². The van der Waals surface area contributed by atoms with Crippen LogP contribution < -0.4 is 5.69 Å². The molecule has 6 nitrogen and oxygen atoms in total. The molecule has 0 unspecified atom stereocenters. The zero-order chi connectivity index (χ0) is 18.0. The Balaban J connectivity index is 1.98. The number of aryl methyl sites for hydroxylation is 1. The minimum Gasteiger partial charge on any atom is -0.359 e. The van der Waals surface area contributed by atoms with Gasteiger partial charge in [-0.25, -0.2) is 4.79 Å². The van der Waals surface area contributed by atoms with Crippen LogP contribution >= 0.6 is 0 Å². The van der Waals surface area contributed by atoms with Crippen molar-refractivity contribution in [3.05, 3.63) is 16.3 Å². The molecule has 0 aliphatic heterocycles. The van der Waals surface area contributed by atoms with E-state index in [9.17, 15) is 9.59 Å². The summed E-state index contributed by atoms with van der Waals surface area (Å²) in [6.07, 6.45) is 2.93. The van der Waals surface area contributed by atoms with Gasteiger partial charge in [-0.2, -0.15) is 9.78 Å². The highest BCUT2D eigenvalue weighted by molar-refractivity contribution is 6.76. The number of ether oxygens (including phenoxy) is 1. The van der Waals surface area contributed by atoms with Crippen molar-refractivity contribution in [1.29, 1.82) is 0 Å². The van der Waals surface area contributed by atoms with Crippen LogP contribution in [0, 0.1) is 12.3 Å². The first-order valence-corrected chi connectivity index (χ1v) is 12.5. The van der Waals surface area contributed by atoms with Gasteiger partial charge < -0.3 is 4.74 Å². The summed E-state index contributed by atoms with van der Waals surface area (Å²) in [5, 5.41) is 4.34. The number of nitrogens with zero attached hydrogens (tertiary/aromatic N) is 3. The van der Waals surface area contributed by atoms with Gasteiger partial charge in [0.15, 0.2) is 0 Å². The molecule has 0 spiro atoms. The second-order valence-corrected chi connectivity index (χ2v) is 14.2. The van der Waals surface area contributed by atoms with E-state index in [0.717, 1.165) is 18.9 Å². The van der Waals surface area contributed by atoms with E-state index in [4.69, 9.17) is 4.74 Å². The molecule has 0 saturated heterocycles. The molecule has 1 fully saturated rings. The van der Waals surface area contributed by atoms with Crippen molar-refractivity contribution in [1.82, 2.24) is 14.3 Å². The Morgan fingerprint density at radius 3 is 2.42 bits per heavy atom. The van der Waals surface area contributed by atoms with E-state index in [2.05, 4.69) is 31.7 Å². The van der Waals surface area contributed by atoms with E-state index >= 15 is 0 Å². The largest absolute Gasteiger partial charge is 0.359 e. The molecule has 1 aliphatic carbocycles. The maximum absolute atomic E-state index is 12.6. The first-order valence-electron chi connectivity index (χ1n) is 8.83. The van der Waals surface area contributed by atoms with Gasteiger partial charge in [-0.1, -0.05) is 26.6 Å². The summed E-state index contributed by atoms with van der Waals surface area (Å²) in [6, 6.07) is 1.08. The molecule has 1 aliphatic rings. The van der Waals surface area contributed by atoms with Gasteiger partial charge in [0.05, 0.1) is 0 Å². The smallest absolute Gasteiger partial charge is 0.348 e. The third-order valence-corrected chi connectivity index (χ3v) is 6.58. The zero-order valence-electron chi connectivity index (χ0n) is 15.7. The average molecular weight is 354 g/mol. The monoisotopic (exact) mass is 353 g/mol. The Morgan fingerprint density at radius 2 is 1.83 bits per heavy atom. The first-order chi connectivity index (χ1) is 11.1. The predicted molar refractivity (Wildman–Crippen MR) is 96.9 cm³/mol. The Kier molecular flexibility index (Phi) is 5.85. The molecule has 0 N–H and O–H groups in total. The number of hydrogen-bond donors (Lipinski definition) is 0. The molecule has 0 bridgehead atoms. The Bertz CT molecular complexity index is 632. The Morgan fingerprint density at radius 1 is 1.21 bits per heavy atom. The number of ketones is 1.